The van der Waals surface area contributed by atoms with Crippen molar-refractivity contribution in [2.45, 2.75) is 24.8 Å². The van der Waals surface area contributed by atoms with Gasteiger partial charge in [0.1, 0.15) is 11.5 Å². The third-order valence-electron chi connectivity index (χ3n) is 5.86. The van der Waals surface area contributed by atoms with E-state index in [1.165, 1.54) is 22.9 Å². The summed E-state index contributed by atoms with van der Waals surface area (Å²) in [6, 6.07) is 21.9. The van der Waals surface area contributed by atoms with Gasteiger partial charge >= 0.3 is 0 Å². The minimum absolute atomic E-state index is 0.434. The molecule has 0 aliphatic heterocycles. The van der Waals surface area contributed by atoms with Crippen LogP contribution < -0.4 is 9.47 Å². The number of ether oxygens (including phenoxy) is 2. The highest BCUT2D eigenvalue weighted by atomic mass is 32.2. The normalized spacial score (nSPS) is 11.0. The number of benzene rings is 3. The minimum Gasteiger partial charge on any atom is -0.497 e. The van der Waals surface area contributed by atoms with E-state index < -0.39 is 0 Å². The zero-order chi connectivity index (χ0) is 25.1. The highest BCUT2D eigenvalue weighted by molar-refractivity contribution is 7.98. The van der Waals surface area contributed by atoms with E-state index in [4.69, 9.17) is 14.0 Å². The molecule has 0 fully saturated rings. The third-order valence-corrected chi connectivity index (χ3v) is 6.77. The van der Waals surface area contributed by atoms with Gasteiger partial charge in [-0.2, -0.15) is 4.98 Å². The molecule has 0 aliphatic carbocycles. The Morgan fingerprint density at radius 3 is 2.47 bits per heavy atom. The minimum atomic E-state index is 0.434. The maximum Gasteiger partial charge on any atom is 0.237 e. The highest BCUT2D eigenvalue weighted by Crippen LogP contribution is 2.33. The van der Waals surface area contributed by atoms with Crippen LogP contribution in [0.4, 0.5) is 0 Å². The number of aromatic nitrogens is 5. The van der Waals surface area contributed by atoms with Crippen molar-refractivity contribution in [2.24, 2.45) is 0 Å². The van der Waals surface area contributed by atoms with Gasteiger partial charge in [-0.15, -0.1) is 10.2 Å². The van der Waals surface area contributed by atoms with Crippen LogP contribution in [0.5, 0.6) is 11.5 Å². The average molecular weight is 500 g/mol. The van der Waals surface area contributed by atoms with Crippen LogP contribution in [0, 0.1) is 13.8 Å². The van der Waals surface area contributed by atoms with Gasteiger partial charge in [-0.05, 0) is 49.2 Å². The lowest BCUT2D eigenvalue weighted by molar-refractivity contribution is 0.388. The summed E-state index contributed by atoms with van der Waals surface area (Å²) in [5.74, 6) is 3.43. The summed E-state index contributed by atoms with van der Waals surface area (Å²) in [5.41, 5.74) is 5.14. The predicted molar refractivity (Wildman–Crippen MR) is 139 cm³/mol. The molecule has 9 heteroatoms. The van der Waals surface area contributed by atoms with Crippen LogP contribution in [0.3, 0.4) is 0 Å². The van der Waals surface area contributed by atoms with Crippen molar-refractivity contribution in [3.8, 4) is 40.0 Å². The lowest BCUT2D eigenvalue weighted by atomic mass is 10.1. The summed E-state index contributed by atoms with van der Waals surface area (Å²) in [4.78, 5) is 4.58. The Morgan fingerprint density at radius 1 is 0.889 bits per heavy atom. The van der Waals surface area contributed by atoms with Gasteiger partial charge in [-0.25, -0.2) is 0 Å². The Labute approximate surface area is 213 Å². The van der Waals surface area contributed by atoms with E-state index in [9.17, 15) is 0 Å². The first-order valence-electron chi connectivity index (χ1n) is 11.3. The summed E-state index contributed by atoms with van der Waals surface area (Å²) in [5, 5.41) is 13.9. The molecule has 0 aliphatic rings. The second-order valence-electron chi connectivity index (χ2n) is 8.14. The molecule has 0 saturated carbocycles. The molecule has 0 bridgehead atoms. The largest absolute Gasteiger partial charge is 0.497 e. The topological polar surface area (TPSA) is 88.1 Å². The number of aryl methyl sites for hydroxylation is 2. The van der Waals surface area contributed by atoms with Crippen molar-refractivity contribution in [2.75, 3.05) is 14.2 Å². The van der Waals surface area contributed by atoms with E-state index in [2.05, 4.69) is 57.0 Å². The van der Waals surface area contributed by atoms with Crippen molar-refractivity contribution in [3.05, 3.63) is 83.7 Å². The van der Waals surface area contributed by atoms with Crippen LogP contribution in [0.15, 0.2) is 76.4 Å². The summed E-state index contributed by atoms with van der Waals surface area (Å²) in [6.45, 7) is 4.20. The van der Waals surface area contributed by atoms with Crippen LogP contribution >= 0.6 is 11.8 Å². The fraction of sp³-hybridized carbons (Fsp3) is 0.185. The van der Waals surface area contributed by atoms with E-state index in [1.54, 1.807) is 20.3 Å². The first-order chi connectivity index (χ1) is 17.6. The van der Waals surface area contributed by atoms with Gasteiger partial charge in [-0.3, -0.25) is 4.57 Å². The smallest absolute Gasteiger partial charge is 0.237 e. The highest BCUT2D eigenvalue weighted by Gasteiger charge is 2.19. The molecule has 0 atom stereocenters. The molecule has 0 unspecified atom stereocenters. The van der Waals surface area contributed by atoms with Crippen molar-refractivity contribution in [1.82, 2.24) is 24.9 Å². The molecule has 0 N–H and O–H groups in total. The second kappa shape index (κ2) is 10.2. The van der Waals surface area contributed by atoms with Gasteiger partial charge in [0, 0.05) is 11.6 Å². The van der Waals surface area contributed by atoms with Crippen molar-refractivity contribution in [3.63, 3.8) is 0 Å². The third kappa shape index (κ3) is 4.70. The Hall–Kier alpha value is -4.11. The van der Waals surface area contributed by atoms with Crippen molar-refractivity contribution in [1.29, 1.82) is 0 Å². The van der Waals surface area contributed by atoms with Crippen LogP contribution in [0.2, 0.25) is 0 Å². The van der Waals surface area contributed by atoms with E-state index in [1.807, 2.05) is 42.5 Å². The standard InChI is InChI=1S/C27H25N5O3S/c1-17-10-11-20(14-18(17)2)32-26(19-8-6-5-7-9-19)29-30-27(32)36-16-24-28-25(31-35-24)22-13-12-21(33-3)15-23(22)34-4/h5-15H,16H2,1-4H3. The summed E-state index contributed by atoms with van der Waals surface area (Å²) >= 11 is 1.49. The predicted octanol–water partition coefficient (Wildman–Crippen LogP) is 5.91. The first kappa shape index (κ1) is 23.6. The Balaban J connectivity index is 1.44. The van der Waals surface area contributed by atoms with E-state index in [-0.39, 0.29) is 0 Å². The lowest BCUT2D eigenvalue weighted by Crippen LogP contribution is -2.01. The monoisotopic (exact) mass is 499 g/mol. The molecule has 2 aromatic heterocycles. The van der Waals surface area contributed by atoms with E-state index in [0.717, 1.165) is 27.8 Å². The van der Waals surface area contributed by atoms with Crippen molar-refractivity contribution < 1.29 is 14.0 Å². The SMILES string of the molecule is COc1ccc(-c2noc(CSc3nnc(-c4ccccc4)n3-c3ccc(C)c(C)c3)n2)c(OC)c1. The van der Waals surface area contributed by atoms with Crippen LogP contribution in [0.1, 0.15) is 17.0 Å². The van der Waals surface area contributed by atoms with Crippen LogP contribution in [-0.4, -0.2) is 39.1 Å². The van der Waals surface area contributed by atoms with Gasteiger partial charge in [0.05, 0.1) is 31.2 Å². The zero-order valence-electron chi connectivity index (χ0n) is 20.4. The number of rotatable bonds is 8. The summed E-state index contributed by atoms with van der Waals surface area (Å²) < 4.78 is 18.4. The molecule has 182 valence electrons. The number of hydrogen-bond acceptors (Lipinski definition) is 8. The zero-order valence-corrected chi connectivity index (χ0v) is 21.2. The van der Waals surface area contributed by atoms with E-state index in [0.29, 0.717) is 29.0 Å². The van der Waals surface area contributed by atoms with Crippen LogP contribution in [0.25, 0.3) is 28.5 Å². The lowest BCUT2D eigenvalue weighted by Gasteiger charge is -2.12. The fourth-order valence-corrected chi connectivity index (χ4v) is 4.56. The molecule has 0 amide bonds. The molecule has 2 heterocycles. The molecule has 8 nitrogen and oxygen atoms in total. The maximum atomic E-state index is 5.54. The van der Waals surface area contributed by atoms with Gasteiger partial charge in [-0.1, -0.05) is 53.3 Å². The number of thioether (sulfide) groups is 1. The molecular weight excluding hydrogens is 474 g/mol. The molecule has 3 aromatic carbocycles. The Morgan fingerprint density at radius 2 is 1.72 bits per heavy atom. The molecule has 36 heavy (non-hydrogen) atoms. The summed E-state index contributed by atoms with van der Waals surface area (Å²) in [6.07, 6.45) is 0. The van der Waals surface area contributed by atoms with E-state index >= 15 is 0 Å². The maximum absolute atomic E-state index is 5.54. The van der Waals surface area contributed by atoms with Crippen LogP contribution in [-0.2, 0) is 5.75 Å². The molecule has 0 radical (unpaired) electrons. The van der Waals surface area contributed by atoms with Gasteiger partial charge < -0.3 is 14.0 Å². The van der Waals surface area contributed by atoms with Gasteiger partial charge in [0.25, 0.3) is 0 Å². The molecular formula is C27H25N5O3S. The Bertz CT molecular complexity index is 1500. The second-order valence-corrected chi connectivity index (χ2v) is 9.09. The first-order valence-corrected chi connectivity index (χ1v) is 12.3. The van der Waals surface area contributed by atoms with Crippen molar-refractivity contribution >= 4 is 11.8 Å². The molecule has 5 rings (SSSR count). The molecule has 0 spiro atoms. The molecule has 5 aromatic rings. The number of nitrogens with zero attached hydrogens (tertiary/aromatic N) is 5. The molecule has 0 saturated heterocycles. The van der Waals surface area contributed by atoms with Gasteiger partial charge in [0.15, 0.2) is 11.0 Å². The quantitative estimate of drug-likeness (QED) is 0.244. The number of hydrogen-bond donors (Lipinski definition) is 0. The van der Waals surface area contributed by atoms with Gasteiger partial charge in [0.2, 0.25) is 11.7 Å². The average Bonchev–Trinajstić information content (AvgIpc) is 3.56. The summed E-state index contributed by atoms with van der Waals surface area (Å²) in [7, 11) is 3.21. The fourth-order valence-electron chi connectivity index (χ4n) is 3.77. The Kier molecular flexibility index (Phi) is 6.73. The number of methoxy groups -OCH3 is 2.